The highest BCUT2D eigenvalue weighted by molar-refractivity contribution is 6.30. The van der Waals surface area contributed by atoms with Crippen LogP contribution in [0.15, 0.2) is 18.2 Å². The summed E-state index contributed by atoms with van der Waals surface area (Å²) in [5.74, 6) is -0.467. The number of aliphatic hydroxyl groups excluding tert-OH is 1. The number of hydrogen-bond acceptors (Lipinski definition) is 2. The van der Waals surface area contributed by atoms with Crippen LogP contribution < -0.4 is 5.73 Å². The van der Waals surface area contributed by atoms with Crippen molar-refractivity contribution in [2.24, 2.45) is 5.73 Å². The first-order valence-corrected chi connectivity index (χ1v) is 5.32. The predicted molar refractivity (Wildman–Crippen MR) is 66.5 cm³/mol. The van der Waals surface area contributed by atoms with Crippen molar-refractivity contribution >= 4 is 24.0 Å². The summed E-state index contributed by atoms with van der Waals surface area (Å²) in [5, 5.41) is 9.97. The third-order valence-electron chi connectivity index (χ3n) is 2.32. The maximum Gasteiger partial charge on any atom is 0.129 e. The van der Waals surface area contributed by atoms with E-state index in [2.05, 4.69) is 0 Å². The van der Waals surface area contributed by atoms with Gasteiger partial charge in [0.1, 0.15) is 5.82 Å². The average Bonchev–Trinajstić information content (AvgIpc) is 2.17. The van der Waals surface area contributed by atoms with Crippen molar-refractivity contribution in [3.63, 3.8) is 0 Å². The molecule has 0 heterocycles. The van der Waals surface area contributed by atoms with Gasteiger partial charge >= 0.3 is 0 Å². The summed E-state index contributed by atoms with van der Waals surface area (Å²) < 4.78 is 13.4. The summed E-state index contributed by atoms with van der Waals surface area (Å²) in [5.41, 5.74) is 6.05. The molecule has 0 saturated carbocycles. The molecule has 0 aliphatic carbocycles. The van der Waals surface area contributed by atoms with E-state index < -0.39 is 18.0 Å². The van der Waals surface area contributed by atoms with Crippen molar-refractivity contribution in [1.82, 2.24) is 0 Å². The fourth-order valence-corrected chi connectivity index (χ4v) is 1.61. The molecule has 0 amide bonds. The van der Waals surface area contributed by atoms with E-state index in [1.54, 1.807) is 6.07 Å². The molecule has 0 aromatic heterocycles. The fourth-order valence-electron chi connectivity index (χ4n) is 1.45. The van der Waals surface area contributed by atoms with E-state index in [0.29, 0.717) is 17.0 Å². The fraction of sp³-hybridized carbons (Fsp3) is 0.455. The summed E-state index contributed by atoms with van der Waals surface area (Å²) in [6.07, 6.45) is 0.651. The van der Waals surface area contributed by atoms with Crippen molar-refractivity contribution in [1.29, 1.82) is 0 Å². The molecule has 0 aliphatic rings. The lowest BCUT2D eigenvalue weighted by Gasteiger charge is -2.19. The highest BCUT2D eigenvalue weighted by Crippen LogP contribution is 2.23. The van der Waals surface area contributed by atoms with Crippen molar-refractivity contribution in [3.05, 3.63) is 34.6 Å². The Morgan fingerprint density at radius 1 is 1.50 bits per heavy atom. The molecule has 92 valence electrons. The van der Waals surface area contributed by atoms with Crippen LogP contribution in [0.3, 0.4) is 0 Å². The van der Waals surface area contributed by atoms with Crippen LogP contribution >= 0.6 is 24.0 Å². The Morgan fingerprint density at radius 3 is 2.62 bits per heavy atom. The zero-order valence-electron chi connectivity index (χ0n) is 8.99. The minimum absolute atomic E-state index is 0. The normalized spacial score (nSPS) is 14.1. The van der Waals surface area contributed by atoms with Gasteiger partial charge in [-0.1, -0.05) is 31.0 Å². The second kappa shape index (κ2) is 7.07. The van der Waals surface area contributed by atoms with Gasteiger partial charge in [0.2, 0.25) is 0 Å². The number of hydrogen-bond donors (Lipinski definition) is 2. The van der Waals surface area contributed by atoms with Crippen LogP contribution in [0.4, 0.5) is 4.39 Å². The molecule has 1 aromatic carbocycles. The highest BCUT2D eigenvalue weighted by Gasteiger charge is 2.19. The molecule has 16 heavy (non-hydrogen) atoms. The van der Waals surface area contributed by atoms with E-state index in [9.17, 15) is 9.50 Å². The van der Waals surface area contributed by atoms with Crippen molar-refractivity contribution in [2.75, 3.05) is 0 Å². The van der Waals surface area contributed by atoms with Crippen molar-refractivity contribution in [2.45, 2.75) is 31.9 Å². The van der Waals surface area contributed by atoms with Crippen LogP contribution in [-0.2, 0) is 0 Å². The Bertz CT molecular complexity index is 336. The van der Waals surface area contributed by atoms with Gasteiger partial charge in [-0.05, 0) is 18.6 Å². The first-order valence-electron chi connectivity index (χ1n) is 4.94. The second-order valence-corrected chi connectivity index (χ2v) is 3.98. The lowest BCUT2D eigenvalue weighted by molar-refractivity contribution is 0.133. The van der Waals surface area contributed by atoms with Gasteiger partial charge in [0.15, 0.2) is 0 Å². The summed E-state index contributed by atoms with van der Waals surface area (Å²) in [4.78, 5) is 0. The van der Waals surface area contributed by atoms with Gasteiger partial charge in [0.25, 0.3) is 0 Å². The lowest BCUT2D eigenvalue weighted by Crippen LogP contribution is -2.26. The van der Waals surface area contributed by atoms with E-state index >= 15 is 0 Å². The summed E-state index contributed by atoms with van der Waals surface area (Å²) in [6.45, 7) is 1.94. The van der Waals surface area contributed by atoms with Crippen LogP contribution in [0.5, 0.6) is 0 Å². The smallest absolute Gasteiger partial charge is 0.129 e. The molecular weight excluding hydrogens is 252 g/mol. The van der Waals surface area contributed by atoms with Crippen LogP contribution in [0.1, 0.15) is 31.4 Å². The SMILES string of the molecule is CCC[C@H](O)[C@H](N)c1ccc(Cl)cc1F.Cl. The Hall–Kier alpha value is -0.350. The molecule has 0 aliphatic heterocycles. The molecule has 1 aromatic rings. The van der Waals surface area contributed by atoms with Crippen molar-refractivity contribution in [3.8, 4) is 0 Å². The summed E-state index contributed by atoms with van der Waals surface area (Å²) >= 11 is 5.62. The minimum Gasteiger partial charge on any atom is -0.391 e. The standard InChI is InChI=1S/C11H15ClFNO.ClH/c1-2-3-10(15)11(14)8-5-4-7(12)6-9(8)13;/h4-6,10-11,15H,2-3,14H2,1H3;1H/t10-,11+;/m0./s1. The van der Waals surface area contributed by atoms with E-state index in [1.807, 2.05) is 6.92 Å². The quantitative estimate of drug-likeness (QED) is 0.881. The maximum atomic E-state index is 13.4. The monoisotopic (exact) mass is 267 g/mol. The van der Waals surface area contributed by atoms with Gasteiger partial charge in [-0.2, -0.15) is 0 Å². The largest absolute Gasteiger partial charge is 0.391 e. The number of rotatable bonds is 4. The van der Waals surface area contributed by atoms with E-state index in [1.165, 1.54) is 12.1 Å². The molecule has 0 saturated heterocycles. The molecule has 0 unspecified atom stereocenters. The van der Waals surface area contributed by atoms with Gasteiger partial charge in [0, 0.05) is 10.6 Å². The Kier molecular flexibility index (Phi) is 6.91. The van der Waals surface area contributed by atoms with E-state index in [4.69, 9.17) is 17.3 Å². The molecule has 0 bridgehead atoms. The highest BCUT2D eigenvalue weighted by atomic mass is 35.5. The molecule has 2 nitrogen and oxygen atoms in total. The minimum atomic E-state index is -0.717. The molecule has 5 heteroatoms. The van der Waals surface area contributed by atoms with Crippen LogP contribution in [0.2, 0.25) is 5.02 Å². The third-order valence-corrected chi connectivity index (χ3v) is 2.56. The maximum absolute atomic E-state index is 13.4. The Labute approximate surface area is 106 Å². The van der Waals surface area contributed by atoms with Crippen LogP contribution in [0.25, 0.3) is 0 Å². The number of halogens is 3. The van der Waals surface area contributed by atoms with E-state index in [-0.39, 0.29) is 12.4 Å². The molecule has 2 atom stereocenters. The van der Waals surface area contributed by atoms with Crippen LogP contribution in [-0.4, -0.2) is 11.2 Å². The first-order chi connectivity index (χ1) is 7.06. The third kappa shape index (κ3) is 3.91. The molecule has 1 rings (SSSR count). The van der Waals surface area contributed by atoms with Gasteiger partial charge in [-0.15, -0.1) is 12.4 Å². The first kappa shape index (κ1) is 15.7. The topological polar surface area (TPSA) is 46.2 Å². The van der Waals surface area contributed by atoms with E-state index in [0.717, 1.165) is 6.42 Å². The molecule has 0 spiro atoms. The number of nitrogens with two attached hydrogens (primary N) is 1. The lowest BCUT2D eigenvalue weighted by atomic mass is 9.99. The Balaban J connectivity index is 0.00000225. The molecule has 3 N–H and O–H groups in total. The number of aliphatic hydroxyl groups is 1. The Morgan fingerprint density at radius 2 is 2.12 bits per heavy atom. The van der Waals surface area contributed by atoms with Crippen LogP contribution in [0, 0.1) is 5.82 Å². The van der Waals surface area contributed by atoms with Gasteiger partial charge in [-0.25, -0.2) is 4.39 Å². The summed E-state index contributed by atoms with van der Waals surface area (Å²) in [7, 11) is 0. The predicted octanol–water partition coefficient (Wildman–Crippen LogP) is 3.06. The molecule has 0 radical (unpaired) electrons. The zero-order valence-corrected chi connectivity index (χ0v) is 10.6. The van der Waals surface area contributed by atoms with Crippen molar-refractivity contribution < 1.29 is 9.50 Å². The van der Waals surface area contributed by atoms with Gasteiger partial charge in [0.05, 0.1) is 12.1 Å². The molecular formula is C11H16Cl2FNO. The summed E-state index contributed by atoms with van der Waals surface area (Å²) in [6, 6.07) is 3.59. The zero-order chi connectivity index (χ0) is 11.4. The average molecular weight is 268 g/mol. The second-order valence-electron chi connectivity index (χ2n) is 3.55. The number of benzene rings is 1. The van der Waals surface area contributed by atoms with Gasteiger partial charge < -0.3 is 10.8 Å². The molecule has 0 fully saturated rings. The van der Waals surface area contributed by atoms with Gasteiger partial charge in [-0.3, -0.25) is 0 Å².